The summed E-state index contributed by atoms with van der Waals surface area (Å²) in [5.74, 6) is -0.259. The van der Waals surface area contributed by atoms with Crippen molar-refractivity contribution in [1.82, 2.24) is 9.29 Å². The molecule has 1 aliphatic rings. The number of piperidine rings is 1. The zero-order chi connectivity index (χ0) is 14.8. The van der Waals surface area contributed by atoms with Crippen molar-refractivity contribution in [3.05, 3.63) is 29.8 Å². The average Bonchev–Trinajstić information content (AvgIpc) is 2.38. The molecular weight excluding hydrogens is 281 g/mol. The van der Waals surface area contributed by atoms with Crippen molar-refractivity contribution in [1.29, 1.82) is 0 Å². The second-order valence-corrected chi connectivity index (χ2v) is 7.32. The van der Waals surface area contributed by atoms with Crippen LogP contribution in [0.1, 0.15) is 31.0 Å². The Morgan fingerprint density at radius 3 is 3.00 bits per heavy atom. The fourth-order valence-electron chi connectivity index (χ4n) is 2.66. The Balaban J connectivity index is 2.01. The Bertz CT molecular complexity index is 564. The van der Waals surface area contributed by atoms with E-state index in [4.69, 9.17) is 5.73 Å². The van der Waals surface area contributed by atoms with Crippen LogP contribution in [0.2, 0.25) is 0 Å². The molecule has 1 aromatic rings. The van der Waals surface area contributed by atoms with Gasteiger partial charge in [-0.15, -0.1) is 0 Å². The fraction of sp³-hybridized carbons (Fsp3) is 0.615. The molecule has 0 amide bonds. The molecule has 0 bridgehead atoms. The number of halogens is 1. The van der Waals surface area contributed by atoms with Gasteiger partial charge in [0.15, 0.2) is 0 Å². The van der Waals surface area contributed by atoms with E-state index in [1.54, 1.807) is 0 Å². The van der Waals surface area contributed by atoms with E-state index in [9.17, 15) is 12.8 Å². The van der Waals surface area contributed by atoms with Gasteiger partial charge < -0.3 is 5.73 Å². The van der Waals surface area contributed by atoms with Gasteiger partial charge in [0.25, 0.3) is 0 Å². The molecule has 1 aromatic heterocycles. The molecular formula is C13H20FN3O2S. The highest BCUT2D eigenvalue weighted by Gasteiger charge is 2.28. The van der Waals surface area contributed by atoms with Crippen LogP contribution in [-0.4, -0.2) is 37.1 Å². The van der Waals surface area contributed by atoms with Crippen molar-refractivity contribution in [3.63, 3.8) is 0 Å². The van der Waals surface area contributed by atoms with Crippen molar-refractivity contribution >= 4 is 10.0 Å². The van der Waals surface area contributed by atoms with E-state index in [-0.39, 0.29) is 11.6 Å². The second kappa shape index (κ2) is 6.15. The molecule has 0 aromatic carbocycles. The molecule has 0 spiro atoms. The normalized spacial score (nSPS) is 22.6. The van der Waals surface area contributed by atoms with E-state index in [1.165, 1.54) is 28.9 Å². The highest BCUT2D eigenvalue weighted by atomic mass is 32.2. The molecule has 0 aliphatic carbocycles. The van der Waals surface area contributed by atoms with Crippen molar-refractivity contribution < 1.29 is 12.8 Å². The lowest BCUT2D eigenvalue weighted by Crippen LogP contribution is -2.40. The zero-order valence-electron chi connectivity index (χ0n) is 11.5. The first kappa shape index (κ1) is 15.3. The van der Waals surface area contributed by atoms with E-state index >= 15 is 0 Å². The molecule has 5 nitrogen and oxygen atoms in total. The van der Waals surface area contributed by atoms with Gasteiger partial charge in [0.05, 0.1) is 18.0 Å². The van der Waals surface area contributed by atoms with Crippen molar-refractivity contribution in [3.8, 4) is 0 Å². The number of nitrogens with zero attached hydrogens (tertiary/aromatic N) is 2. The minimum Gasteiger partial charge on any atom is -0.323 e. The number of hydrogen-bond donors (Lipinski definition) is 1. The van der Waals surface area contributed by atoms with Crippen molar-refractivity contribution in [2.45, 2.75) is 25.3 Å². The minimum atomic E-state index is -3.16. The summed E-state index contributed by atoms with van der Waals surface area (Å²) in [6.45, 7) is 1.02. The number of sulfonamides is 1. The van der Waals surface area contributed by atoms with Crippen LogP contribution in [-0.2, 0) is 10.0 Å². The topological polar surface area (TPSA) is 76.3 Å². The Hall–Kier alpha value is -1.05. The highest BCUT2D eigenvalue weighted by Crippen LogP contribution is 2.27. The lowest BCUT2D eigenvalue weighted by molar-refractivity contribution is 0.245. The number of aromatic nitrogens is 1. The minimum absolute atomic E-state index is 0.148. The molecule has 2 unspecified atom stereocenters. The van der Waals surface area contributed by atoms with Gasteiger partial charge in [-0.25, -0.2) is 17.1 Å². The van der Waals surface area contributed by atoms with Crippen LogP contribution in [0.15, 0.2) is 18.3 Å². The molecule has 0 saturated carbocycles. The van der Waals surface area contributed by atoms with Gasteiger partial charge in [0.2, 0.25) is 10.0 Å². The van der Waals surface area contributed by atoms with Gasteiger partial charge in [0, 0.05) is 19.3 Å². The summed E-state index contributed by atoms with van der Waals surface area (Å²) in [5, 5.41) is 0. The molecule has 112 valence electrons. The Morgan fingerprint density at radius 1 is 1.60 bits per heavy atom. The molecule has 20 heavy (non-hydrogen) atoms. The van der Waals surface area contributed by atoms with Crippen molar-refractivity contribution in [2.24, 2.45) is 11.7 Å². The van der Waals surface area contributed by atoms with Crippen LogP contribution < -0.4 is 5.73 Å². The van der Waals surface area contributed by atoms with Crippen LogP contribution in [0, 0.1) is 11.7 Å². The third-order valence-electron chi connectivity index (χ3n) is 3.68. The maximum atomic E-state index is 13.6. The first-order valence-corrected chi connectivity index (χ1v) is 8.54. The summed E-state index contributed by atoms with van der Waals surface area (Å²) in [6, 6.07) is 2.37. The van der Waals surface area contributed by atoms with Crippen molar-refractivity contribution in [2.75, 3.05) is 19.3 Å². The van der Waals surface area contributed by atoms with Crippen LogP contribution in [0.5, 0.6) is 0 Å². The van der Waals surface area contributed by atoms with Gasteiger partial charge in [-0.05, 0) is 37.3 Å². The van der Waals surface area contributed by atoms with E-state index in [0.717, 1.165) is 12.8 Å². The van der Waals surface area contributed by atoms with Crippen LogP contribution >= 0.6 is 0 Å². The fourth-order valence-corrected chi connectivity index (χ4v) is 3.60. The quantitative estimate of drug-likeness (QED) is 0.909. The maximum absolute atomic E-state index is 13.6. The maximum Gasteiger partial charge on any atom is 0.211 e. The average molecular weight is 301 g/mol. The third-order valence-corrected chi connectivity index (χ3v) is 4.95. The molecule has 2 rings (SSSR count). The zero-order valence-corrected chi connectivity index (χ0v) is 12.3. The molecule has 0 radical (unpaired) electrons. The first-order valence-electron chi connectivity index (χ1n) is 6.69. The van der Waals surface area contributed by atoms with E-state index in [2.05, 4.69) is 4.98 Å². The van der Waals surface area contributed by atoms with Crippen LogP contribution in [0.4, 0.5) is 4.39 Å². The number of hydrogen-bond acceptors (Lipinski definition) is 4. The van der Waals surface area contributed by atoms with E-state index in [0.29, 0.717) is 19.5 Å². The summed E-state index contributed by atoms with van der Waals surface area (Å²) in [7, 11) is -3.16. The number of pyridine rings is 1. The van der Waals surface area contributed by atoms with Gasteiger partial charge in [-0.3, -0.25) is 4.98 Å². The molecule has 1 aliphatic heterocycles. The van der Waals surface area contributed by atoms with Gasteiger partial charge in [-0.2, -0.15) is 0 Å². The summed E-state index contributed by atoms with van der Waals surface area (Å²) < 4.78 is 38.2. The third kappa shape index (κ3) is 3.74. The molecule has 7 heteroatoms. The Kier molecular flexibility index (Phi) is 4.72. The smallest absolute Gasteiger partial charge is 0.211 e. The summed E-state index contributed by atoms with van der Waals surface area (Å²) in [6.07, 6.45) is 5.00. The number of rotatable bonds is 4. The predicted octanol–water partition coefficient (Wildman–Crippen LogP) is 1.28. The summed E-state index contributed by atoms with van der Waals surface area (Å²) >= 11 is 0. The molecule has 2 N–H and O–H groups in total. The van der Waals surface area contributed by atoms with E-state index < -0.39 is 21.9 Å². The molecule has 1 saturated heterocycles. The lowest BCUT2D eigenvalue weighted by atomic mass is 9.91. The Labute approximate surface area is 119 Å². The first-order chi connectivity index (χ1) is 9.38. The van der Waals surface area contributed by atoms with Gasteiger partial charge in [-0.1, -0.05) is 0 Å². The lowest BCUT2D eigenvalue weighted by Gasteiger charge is -2.32. The van der Waals surface area contributed by atoms with E-state index in [1.807, 2.05) is 0 Å². The molecule has 2 atom stereocenters. The standard InChI is InChI=1S/C13H20FN3O2S/c1-20(18,19)17-7-3-4-10(9-17)8-12(15)13-11(14)5-2-6-16-13/h2,5-6,10,12H,3-4,7-9,15H2,1H3. The molecule has 1 fully saturated rings. The highest BCUT2D eigenvalue weighted by molar-refractivity contribution is 7.88. The monoisotopic (exact) mass is 301 g/mol. The summed E-state index contributed by atoms with van der Waals surface area (Å²) in [5.41, 5.74) is 6.26. The van der Waals surface area contributed by atoms with Crippen LogP contribution in [0.25, 0.3) is 0 Å². The number of nitrogens with two attached hydrogens (primary N) is 1. The predicted molar refractivity (Wildman–Crippen MR) is 74.9 cm³/mol. The molecule has 2 heterocycles. The SMILES string of the molecule is CS(=O)(=O)N1CCCC(CC(N)c2ncccc2F)C1. The van der Waals surface area contributed by atoms with Gasteiger partial charge in [0.1, 0.15) is 5.82 Å². The van der Waals surface area contributed by atoms with Crippen LogP contribution in [0.3, 0.4) is 0 Å². The second-order valence-electron chi connectivity index (χ2n) is 5.34. The van der Waals surface area contributed by atoms with Gasteiger partial charge >= 0.3 is 0 Å². The largest absolute Gasteiger partial charge is 0.323 e. The summed E-state index contributed by atoms with van der Waals surface area (Å²) in [4.78, 5) is 3.98. The Morgan fingerprint density at radius 2 is 2.35 bits per heavy atom.